The fourth-order valence-corrected chi connectivity index (χ4v) is 8.13. The number of fused-ring (bicyclic) bond motifs is 7. The Hall–Kier alpha value is -2.22. The molecule has 0 unspecified atom stereocenters. The van der Waals surface area contributed by atoms with Crippen LogP contribution in [0.1, 0.15) is 122 Å². The number of ether oxygens (including phenoxy) is 1. The molecule has 200 valence electrons. The van der Waals surface area contributed by atoms with Crippen molar-refractivity contribution in [3.8, 4) is 6.07 Å². The third-order valence-corrected chi connectivity index (χ3v) is 10.0. The Labute approximate surface area is 251 Å². The number of Topliss-reactive ketones (excluding diaryl/α,β-unsaturated/α-hetero) is 1. The fourth-order valence-electron chi connectivity index (χ4n) is 8.13. The van der Waals surface area contributed by atoms with E-state index in [9.17, 15) is 23.1 Å². The van der Waals surface area contributed by atoms with Crippen LogP contribution >= 0.6 is 0 Å². The molecule has 3 fully saturated rings. The largest absolute Gasteiger partial charge is 0.469 e. The molecule has 5 aliphatic rings. The van der Waals surface area contributed by atoms with Gasteiger partial charge in [-0.05, 0) is 79.1 Å². The van der Waals surface area contributed by atoms with Gasteiger partial charge in [0.2, 0.25) is 0 Å². The number of carbonyl (C=O) groups is 3. The van der Waals surface area contributed by atoms with Gasteiger partial charge in [0.15, 0.2) is 11.6 Å². The van der Waals surface area contributed by atoms with Crippen LogP contribution in [0, 0.1) is 61.6 Å². The second-order valence-electron chi connectivity index (χ2n) is 11.6. The lowest BCUT2D eigenvalue weighted by Gasteiger charge is -2.68. The fraction of sp³-hybridized carbons (Fsp3) is 0.750. The van der Waals surface area contributed by atoms with Crippen LogP contribution in [0.25, 0.3) is 0 Å². The molecule has 0 aromatic carbocycles. The molecule has 0 spiro atoms. The predicted octanol–water partition coefficient (Wildman–Crippen LogP) is 6.38. The summed E-state index contributed by atoms with van der Waals surface area (Å²) in [7, 11) is 0.965. The van der Waals surface area contributed by atoms with Crippen molar-refractivity contribution in [1.29, 1.82) is 5.26 Å². The van der Waals surface area contributed by atoms with Crippen LogP contribution < -0.4 is 0 Å². The summed E-state index contributed by atoms with van der Waals surface area (Å²) < 4.78 is 189. The van der Waals surface area contributed by atoms with Gasteiger partial charge in [0, 0.05) is 45.5 Å². The maximum Gasteiger partial charge on any atom is 0.312 e. The standard InChI is InChI=1S/C32H43NO4/c1-27(2)11-13-32(26(36)37-8)14-12-31(7)24(20(32)17-27)21(34)15-23-29(5)16-19(18-33)25(35)28(3,4)22(29)9-10-30(23,31)6/h15-16,20,22,24H,9-14,17H2,1-8H3/t20-,22-,24-,29-,30+,31+,32-/m0/s1/i1D3,2D3,3D3,4D3,5D3,6D3,7D3. The van der Waals surface area contributed by atoms with Crippen molar-refractivity contribution in [3.05, 3.63) is 23.3 Å². The molecule has 5 nitrogen and oxygen atoms in total. The van der Waals surface area contributed by atoms with Crippen LogP contribution in [0.15, 0.2) is 23.3 Å². The third kappa shape index (κ3) is 3.11. The molecular formula is C32H43NO4. The molecule has 0 aliphatic heterocycles. The number of hydrogen-bond acceptors (Lipinski definition) is 5. The topological polar surface area (TPSA) is 84.2 Å². The number of carbonyl (C=O) groups excluding carboxylic acids is 3. The average molecular weight is 527 g/mol. The zero-order chi connectivity index (χ0) is 44.9. The van der Waals surface area contributed by atoms with E-state index in [1.807, 2.05) is 0 Å². The Bertz CT molecular complexity index is 1860. The SMILES string of the molecule is [2H]C([2H])([2H])C1(C([2H])([2H])[2H])CC[C@]2(C(=O)OC)CC[C@]3(C([2H])([2H])[2H])[C@H](C(=O)C=C4[C@@]5(C([2H])([2H])[2H])C=C(C#N)C(=O)C(C([2H])([2H])[2H])(C([2H])([2H])[2H])[C@@H]5CC[C@]43C([2H])([2H])[2H])[C@@H]2C1. The Kier molecular flexibility index (Phi) is 2.30. The number of nitrogens with zero attached hydrogens (tertiary/aromatic N) is 1. The second kappa shape index (κ2) is 7.67. The smallest absolute Gasteiger partial charge is 0.312 e. The van der Waals surface area contributed by atoms with E-state index < -0.39 is 172 Å². The van der Waals surface area contributed by atoms with E-state index in [0.29, 0.717) is 12.2 Å². The predicted molar refractivity (Wildman–Crippen MR) is 141 cm³/mol. The normalized spacial score (nSPS) is 56.4. The molecule has 0 heterocycles. The Balaban J connectivity index is 2.05. The number of rotatable bonds is 1. The monoisotopic (exact) mass is 526 g/mol. The van der Waals surface area contributed by atoms with E-state index >= 15 is 4.79 Å². The molecule has 0 bridgehead atoms. The zero-order valence-corrected chi connectivity index (χ0v) is 20.4. The lowest BCUT2D eigenvalue weighted by molar-refractivity contribution is -0.191. The van der Waals surface area contributed by atoms with Crippen molar-refractivity contribution in [2.45, 2.75) is 92.9 Å². The molecule has 5 rings (SSSR count). The van der Waals surface area contributed by atoms with Gasteiger partial charge in [0.25, 0.3) is 0 Å². The summed E-state index contributed by atoms with van der Waals surface area (Å²) in [5, 5.41) is 10.2. The highest BCUT2D eigenvalue weighted by atomic mass is 16.5. The second-order valence-corrected chi connectivity index (χ2v) is 11.6. The summed E-state index contributed by atoms with van der Waals surface area (Å²) in [6, 6.07) is 1.37. The van der Waals surface area contributed by atoms with Gasteiger partial charge in [-0.25, -0.2) is 0 Å². The lowest BCUT2D eigenvalue weighted by atomic mass is 9.34. The van der Waals surface area contributed by atoms with Crippen molar-refractivity contribution in [2.75, 3.05) is 7.11 Å². The average Bonchev–Trinajstić information content (AvgIpc) is 3.02. The zero-order valence-electron chi connectivity index (χ0n) is 41.4. The van der Waals surface area contributed by atoms with E-state index in [-0.39, 0.29) is 0 Å². The Morgan fingerprint density at radius 1 is 1.05 bits per heavy atom. The van der Waals surface area contributed by atoms with Gasteiger partial charge in [0.1, 0.15) is 6.07 Å². The number of hydrogen-bond donors (Lipinski definition) is 0. The summed E-state index contributed by atoms with van der Waals surface area (Å²) in [5.41, 5.74) is -20.1. The van der Waals surface area contributed by atoms with Crippen LogP contribution in [0.4, 0.5) is 0 Å². The molecule has 5 heteroatoms. The molecule has 0 N–H and O–H groups in total. The highest BCUT2D eigenvalue weighted by Crippen LogP contribution is 2.74. The molecule has 7 atom stereocenters. The van der Waals surface area contributed by atoms with E-state index in [0.717, 1.165) is 7.11 Å². The molecule has 5 aliphatic carbocycles. The van der Waals surface area contributed by atoms with Gasteiger partial charge in [-0.3, -0.25) is 14.4 Å². The molecule has 0 radical (unpaired) electrons. The van der Waals surface area contributed by atoms with Gasteiger partial charge in [-0.2, -0.15) is 5.26 Å². The van der Waals surface area contributed by atoms with E-state index in [4.69, 9.17) is 25.3 Å². The molecule has 0 aromatic rings. The summed E-state index contributed by atoms with van der Waals surface area (Å²) in [6.45, 7) is -25.7. The summed E-state index contributed by atoms with van der Waals surface area (Å²) in [5.74, 6) is -10.7. The van der Waals surface area contributed by atoms with Gasteiger partial charge >= 0.3 is 5.97 Å². The van der Waals surface area contributed by atoms with Crippen LogP contribution in [0.2, 0.25) is 0 Å². The molecular weight excluding hydrogens is 462 g/mol. The first-order valence-electron chi connectivity index (χ1n) is 22.8. The van der Waals surface area contributed by atoms with Crippen molar-refractivity contribution in [2.24, 2.45) is 50.2 Å². The first-order chi connectivity index (χ1) is 25.8. The number of ketones is 2. The first-order valence-corrected chi connectivity index (χ1v) is 12.3. The van der Waals surface area contributed by atoms with Gasteiger partial charge in [0.05, 0.1) is 18.1 Å². The molecule has 3 saturated carbocycles. The van der Waals surface area contributed by atoms with E-state index in [1.54, 1.807) is 0 Å². The molecule has 0 aromatic heterocycles. The molecule has 0 saturated heterocycles. The number of methoxy groups -OCH3 is 1. The van der Waals surface area contributed by atoms with Crippen LogP contribution in [0.3, 0.4) is 0 Å². The third-order valence-electron chi connectivity index (χ3n) is 10.0. The number of esters is 1. The molecule has 37 heavy (non-hydrogen) atoms. The van der Waals surface area contributed by atoms with Crippen LogP contribution in [-0.2, 0) is 19.1 Å². The minimum absolute atomic E-state index is 0.450. The first kappa shape index (κ1) is 11.1. The maximum absolute atomic E-state index is 15.2. The Morgan fingerprint density at radius 2 is 1.84 bits per heavy atom. The summed E-state index contributed by atoms with van der Waals surface area (Å²) >= 11 is 0. The van der Waals surface area contributed by atoms with Crippen LogP contribution in [-0.4, -0.2) is 24.6 Å². The Morgan fingerprint density at radius 3 is 2.46 bits per heavy atom. The quantitative estimate of drug-likeness (QED) is 0.370. The van der Waals surface area contributed by atoms with Crippen molar-refractivity contribution >= 4 is 17.5 Å². The summed E-state index contributed by atoms with van der Waals surface area (Å²) in [6.07, 6.45) is -4.96. The minimum Gasteiger partial charge on any atom is -0.469 e. The van der Waals surface area contributed by atoms with Crippen molar-refractivity contribution in [3.63, 3.8) is 0 Å². The number of allylic oxidation sites excluding steroid dienone is 4. The van der Waals surface area contributed by atoms with E-state index in [1.165, 1.54) is 6.07 Å². The van der Waals surface area contributed by atoms with E-state index in [2.05, 4.69) is 0 Å². The van der Waals surface area contributed by atoms with Crippen molar-refractivity contribution in [1.82, 2.24) is 0 Å². The maximum atomic E-state index is 15.2. The van der Waals surface area contributed by atoms with Gasteiger partial charge < -0.3 is 4.74 Å². The number of nitriles is 1. The van der Waals surface area contributed by atoms with Gasteiger partial charge in [-0.1, -0.05) is 59.6 Å². The minimum atomic E-state index is -3.92. The highest BCUT2D eigenvalue weighted by Gasteiger charge is 2.71. The molecule has 0 amide bonds. The van der Waals surface area contributed by atoms with Crippen molar-refractivity contribution < 1.29 is 47.9 Å². The van der Waals surface area contributed by atoms with Gasteiger partial charge in [-0.15, -0.1) is 0 Å². The van der Waals surface area contributed by atoms with Crippen LogP contribution in [0.5, 0.6) is 0 Å². The summed E-state index contributed by atoms with van der Waals surface area (Å²) in [4.78, 5) is 43.3. The lowest BCUT2D eigenvalue weighted by Crippen LogP contribution is -2.65. The highest BCUT2D eigenvalue weighted by molar-refractivity contribution is 6.04.